The predicted molar refractivity (Wildman–Crippen MR) is 56.0 cm³/mol. The molecular formula is C10H15Cl2N3O4. The Bertz CT molecular complexity index is 402. The van der Waals surface area contributed by atoms with Crippen LogP contribution in [0.1, 0.15) is 38.1 Å². The maximum absolute atomic E-state index is 8.49. The van der Waals surface area contributed by atoms with Gasteiger partial charge >= 0.3 is 5.15 Å². The van der Waals surface area contributed by atoms with E-state index in [2.05, 4.69) is 5.10 Å². The van der Waals surface area contributed by atoms with Crippen molar-refractivity contribution in [1.29, 1.82) is 0 Å². The molecule has 9 heteroatoms. The fourth-order valence-electron chi connectivity index (χ4n) is 2.02. The summed E-state index contributed by atoms with van der Waals surface area (Å²) in [4.78, 5) is 0. The van der Waals surface area contributed by atoms with E-state index in [0.717, 1.165) is 0 Å². The van der Waals surface area contributed by atoms with Crippen LogP contribution in [-0.2, 0) is 0 Å². The summed E-state index contributed by atoms with van der Waals surface area (Å²) in [7, 11) is -4.94. The zero-order chi connectivity index (χ0) is 14.5. The van der Waals surface area contributed by atoms with E-state index in [4.69, 9.17) is 36.0 Å². The Labute approximate surface area is 118 Å². The summed E-state index contributed by atoms with van der Waals surface area (Å²) in [6.45, 7) is 0. The van der Waals surface area contributed by atoms with Gasteiger partial charge in [0, 0.05) is 18.9 Å². The molecule has 1 aliphatic rings. The Hall–Kier alpha value is -0.700. The molecule has 1 aromatic rings. The first-order valence-corrected chi connectivity index (χ1v) is 7.33. The summed E-state index contributed by atoms with van der Waals surface area (Å²) < 4.78 is 35.9. The molecule has 0 saturated heterocycles. The first kappa shape index (κ1) is 16.4. The highest BCUT2D eigenvalue weighted by molar-refractivity contribution is 6.28. The van der Waals surface area contributed by atoms with Crippen LogP contribution in [0.15, 0.2) is 12.3 Å². The number of aromatic nitrogens is 2. The van der Waals surface area contributed by atoms with E-state index in [1.54, 1.807) is 12.3 Å². The number of halogens is 2. The van der Waals surface area contributed by atoms with Crippen molar-refractivity contribution in [3.63, 3.8) is 0 Å². The minimum atomic E-state index is -4.94. The molecular weight excluding hydrogens is 297 g/mol. The zero-order valence-corrected chi connectivity index (χ0v) is 11.6. The first-order valence-electron chi connectivity index (χ1n) is 5.72. The molecule has 1 aliphatic carbocycles. The van der Waals surface area contributed by atoms with Crippen molar-refractivity contribution >= 4 is 17.3 Å². The van der Waals surface area contributed by atoms with E-state index in [0.29, 0.717) is 16.9 Å². The molecule has 0 unspecified atom stereocenters. The lowest BCUT2D eigenvalue weighted by Crippen LogP contribution is -2.68. The highest BCUT2D eigenvalue weighted by atomic mass is 35.7. The van der Waals surface area contributed by atoms with E-state index < -0.39 is 10.2 Å². The van der Waals surface area contributed by atoms with Crippen molar-refractivity contribution in [3.8, 4) is 0 Å². The van der Waals surface area contributed by atoms with Crippen LogP contribution in [-0.4, -0.2) is 5.10 Å². The van der Waals surface area contributed by atoms with Crippen LogP contribution in [0.3, 0.4) is 0 Å². The number of nitrogens with two attached hydrogens (primary N) is 1. The standard InChI is InChI=1S/C10H14ClN3.ClHO4/c11-10-6-8(12)7-13-14(10)9-4-2-1-3-5-9;2-1(3,4)5/h6-7,9,12H,1-5H2;(H,2,3,4,5). The molecule has 0 radical (unpaired) electrons. The highest BCUT2D eigenvalue weighted by Gasteiger charge is 2.26. The molecule has 1 fully saturated rings. The van der Waals surface area contributed by atoms with Crippen LogP contribution >= 0.6 is 11.6 Å². The van der Waals surface area contributed by atoms with Gasteiger partial charge in [-0.1, -0.05) is 11.1 Å². The van der Waals surface area contributed by atoms with Crippen molar-refractivity contribution in [3.05, 3.63) is 17.4 Å². The molecule has 19 heavy (non-hydrogen) atoms. The summed E-state index contributed by atoms with van der Waals surface area (Å²) in [5.41, 5.74) is 6.22. The Kier molecular flexibility index (Phi) is 6.18. The van der Waals surface area contributed by atoms with Crippen LogP contribution in [0.4, 0.5) is 5.69 Å². The Morgan fingerprint density at radius 3 is 2.21 bits per heavy atom. The van der Waals surface area contributed by atoms with E-state index in [1.165, 1.54) is 32.1 Å². The van der Waals surface area contributed by atoms with Crippen molar-refractivity contribution in [2.45, 2.75) is 38.1 Å². The average molecular weight is 312 g/mol. The van der Waals surface area contributed by atoms with E-state index in [1.807, 2.05) is 4.68 Å². The molecule has 0 aliphatic heterocycles. The molecule has 7 nitrogen and oxygen atoms in total. The molecule has 0 amide bonds. The van der Waals surface area contributed by atoms with Crippen LogP contribution < -0.4 is 29.1 Å². The number of nitrogens with zero attached hydrogens (tertiary/aromatic N) is 2. The number of nitrogen functional groups attached to an aromatic ring is 1. The largest absolute Gasteiger partial charge is 0.397 e. The first-order chi connectivity index (χ1) is 8.77. The topological polar surface area (TPSA) is 135 Å². The summed E-state index contributed by atoms with van der Waals surface area (Å²) >= 11 is 6.08. The molecule has 108 valence electrons. The van der Waals surface area contributed by atoms with Crippen molar-refractivity contribution in [1.82, 2.24) is 5.10 Å². The maximum atomic E-state index is 8.49. The molecule has 1 saturated carbocycles. The number of hydrogen-bond acceptors (Lipinski definition) is 6. The third kappa shape index (κ3) is 6.86. The van der Waals surface area contributed by atoms with Gasteiger partial charge in [0.25, 0.3) is 0 Å². The minimum Gasteiger partial charge on any atom is -0.397 e. The van der Waals surface area contributed by atoms with Gasteiger partial charge in [-0.25, -0.2) is 18.6 Å². The fourth-order valence-corrected chi connectivity index (χ4v) is 2.33. The van der Waals surface area contributed by atoms with Gasteiger partial charge in [-0.3, -0.25) is 0 Å². The Balaban J connectivity index is 0.000000312. The van der Waals surface area contributed by atoms with Crippen molar-refractivity contribution < 1.29 is 33.6 Å². The molecule has 2 N–H and O–H groups in total. The number of anilines is 1. The molecule has 1 heterocycles. The lowest BCUT2D eigenvalue weighted by Gasteiger charge is -2.17. The molecule has 2 rings (SSSR count). The van der Waals surface area contributed by atoms with Gasteiger partial charge < -0.3 is 5.73 Å². The predicted octanol–water partition coefficient (Wildman–Crippen LogP) is -2.65. The summed E-state index contributed by atoms with van der Waals surface area (Å²) in [6.07, 6.45) is 7.92. The van der Waals surface area contributed by atoms with Gasteiger partial charge in [0.15, 0.2) is 6.04 Å². The van der Waals surface area contributed by atoms with Crippen LogP contribution in [0.25, 0.3) is 0 Å². The number of rotatable bonds is 1. The van der Waals surface area contributed by atoms with Crippen LogP contribution in [0.2, 0.25) is 5.15 Å². The van der Waals surface area contributed by atoms with Crippen molar-refractivity contribution in [2.75, 3.05) is 5.73 Å². The Morgan fingerprint density at radius 2 is 1.74 bits per heavy atom. The van der Waals surface area contributed by atoms with Crippen LogP contribution in [0.5, 0.6) is 0 Å². The minimum absolute atomic E-state index is 0.469. The second kappa shape index (κ2) is 7.18. The van der Waals surface area contributed by atoms with Gasteiger partial charge in [-0.05, 0) is 29.5 Å². The number of hydrogen-bond donors (Lipinski definition) is 1. The van der Waals surface area contributed by atoms with Crippen molar-refractivity contribution in [2.24, 2.45) is 0 Å². The second-order valence-electron chi connectivity index (χ2n) is 4.23. The van der Waals surface area contributed by atoms with Gasteiger partial charge in [-0.2, -0.15) is 0 Å². The van der Waals surface area contributed by atoms with Gasteiger partial charge in [0.2, 0.25) is 0 Å². The monoisotopic (exact) mass is 311 g/mol. The summed E-state index contributed by atoms with van der Waals surface area (Å²) in [5.74, 6) is 0. The molecule has 1 aromatic heterocycles. The SMILES string of the molecule is Nc1cn[n+](C2CCCCC2)c(Cl)c1.[O-][Cl+3]([O-])([O-])[O-]. The lowest BCUT2D eigenvalue weighted by atomic mass is 9.96. The van der Waals surface area contributed by atoms with E-state index >= 15 is 0 Å². The molecule has 0 spiro atoms. The van der Waals surface area contributed by atoms with Crippen LogP contribution in [0, 0.1) is 10.2 Å². The zero-order valence-electron chi connectivity index (χ0n) is 10.1. The summed E-state index contributed by atoms with van der Waals surface area (Å²) in [6, 6.07) is 2.24. The molecule has 0 bridgehead atoms. The third-order valence-corrected chi connectivity index (χ3v) is 3.04. The molecule has 0 atom stereocenters. The van der Waals surface area contributed by atoms with E-state index in [-0.39, 0.29) is 0 Å². The second-order valence-corrected chi connectivity index (χ2v) is 5.37. The quantitative estimate of drug-likeness (QED) is 0.563. The van der Waals surface area contributed by atoms with Gasteiger partial charge in [-0.15, -0.1) is 10.2 Å². The summed E-state index contributed by atoms with van der Waals surface area (Å²) in [5, 5.41) is 4.91. The normalized spacial score (nSPS) is 16.7. The third-order valence-electron chi connectivity index (χ3n) is 2.76. The van der Waals surface area contributed by atoms with E-state index in [9.17, 15) is 0 Å². The van der Waals surface area contributed by atoms with Gasteiger partial charge in [0.05, 0.1) is 5.69 Å². The highest BCUT2D eigenvalue weighted by Crippen LogP contribution is 2.24. The average Bonchev–Trinajstić information content (AvgIpc) is 2.28. The molecule has 0 aromatic carbocycles. The lowest BCUT2D eigenvalue weighted by molar-refractivity contribution is -2.00. The van der Waals surface area contributed by atoms with Gasteiger partial charge in [0.1, 0.15) is 6.20 Å². The maximum Gasteiger partial charge on any atom is 0.302 e. The fraction of sp³-hybridized carbons (Fsp3) is 0.600. The Morgan fingerprint density at radius 1 is 1.21 bits per heavy atom. The smallest absolute Gasteiger partial charge is 0.302 e.